The molecule has 1 fully saturated rings. The summed E-state index contributed by atoms with van der Waals surface area (Å²) < 4.78 is 6.87. The van der Waals surface area contributed by atoms with E-state index in [4.69, 9.17) is 4.42 Å². The Morgan fingerprint density at radius 2 is 2.10 bits per heavy atom. The zero-order valence-corrected chi connectivity index (χ0v) is 16.0. The van der Waals surface area contributed by atoms with Gasteiger partial charge in [0.15, 0.2) is 12.2 Å². The summed E-state index contributed by atoms with van der Waals surface area (Å²) in [6.45, 7) is 2.15. The first kappa shape index (κ1) is 18.9. The van der Waals surface area contributed by atoms with E-state index < -0.39 is 0 Å². The molecule has 0 saturated carbocycles. The summed E-state index contributed by atoms with van der Waals surface area (Å²) in [6, 6.07) is 9.15. The summed E-state index contributed by atoms with van der Waals surface area (Å²) in [6.07, 6.45) is 8.37. The number of hydrogen-bond donors (Lipinski definition) is 1. The first-order valence-electron chi connectivity index (χ1n) is 9.71. The van der Waals surface area contributed by atoms with Gasteiger partial charge in [-0.2, -0.15) is 5.10 Å². The second kappa shape index (κ2) is 8.72. The lowest BCUT2D eigenvalue weighted by Crippen LogP contribution is -2.44. The molecule has 1 N–H and O–H groups in total. The maximum absolute atomic E-state index is 12.9. The molecule has 1 saturated heterocycles. The van der Waals surface area contributed by atoms with Crippen LogP contribution in [-0.4, -0.2) is 51.1 Å². The molecular weight excluding hydrogens is 370 g/mol. The Bertz CT molecular complexity index is 935. The Morgan fingerprint density at radius 1 is 1.24 bits per heavy atom. The van der Waals surface area contributed by atoms with E-state index in [-0.39, 0.29) is 24.3 Å². The number of amides is 2. The molecule has 29 heavy (non-hydrogen) atoms. The molecule has 1 aromatic carbocycles. The number of piperidine rings is 1. The third-order valence-electron chi connectivity index (χ3n) is 5.11. The van der Waals surface area contributed by atoms with Crippen LogP contribution < -0.4 is 5.32 Å². The molecule has 2 amide bonds. The van der Waals surface area contributed by atoms with Gasteiger partial charge in [-0.25, -0.2) is 4.98 Å². The van der Waals surface area contributed by atoms with Crippen LogP contribution in [0.25, 0.3) is 11.3 Å². The quantitative estimate of drug-likeness (QED) is 0.693. The van der Waals surface area contributed by atoms with Crippen molar-refractivity contribution in [2.75, 3.05) is 19.6 Å². The van der Waals surface area contributed by atoms with Crippen molar-refractivity contribution in [3.8, 4) is 11.3 Å². The molecule has 150 valence electrons. The third kappa shape index (κ3) is 4.71. The van der Waals surface area contributed by atoms with E-state index in [9.17, 15) is 9.59 Å². The van der Waals surface area contributed by atoms with Crippen LogP contribution in [0, 0.1) is 5.92 Å². The molecule has 0 bridgehead atoms. The Hall–Kier alpha value is -3.42. The second-order valence-electron chi connectivity index (χ2n) is 7.21. The van der Waals surface area contributed by atoms with Gasteiger partial charge in [0, 0.05) is 43.2 Å². The van der Waals surface area contributed by atoms with Crippen LogP contribution >= 0.6 is 0 Å². The maximum Gasteiger partial charge on any atom is 0.253 e. The second-order valence-corrected chi connectivity index (χ2v) is 7.21. The van der Waals surface area contributed by atoms with Crippen LogP contribution in [0.1, 0.15) is 23.2 Å². The van der Waals surface area contributed by atoms with Gasteiger partial charge in [-0.05, 0) is 37.0 Å². The van der Waals surface area contributed by atoms with E-state index in [1.54, 1.807) is 29.3 Å². The molecule has 4 rings (SSSR count). The summed E-state index contributed by atoms with van der Waals surface area (Å²) in [7, 11) is 0. The molecule has 1 aliphatic heterocycles. The van der Waals surface area contributed by atoms with Crippen molar-refractivity contribution >= 4 is 11.8 Å². The number of carbonyl (C=O) groups is 2. The SMILES string of the molecule is O=C(Cn1cccn1)NCC1CCCN(C(=O)c2ccc(-c3cnco3)cc2)C1. The van der Waals surface area contributed by atoms with E-state index in [2.05, 4.69) is 15.4 Å². The van der Waals surface area contributed by atoms with Gasteiger partial charge in [-0.15, -0.1) is 0 Å². The number of nitrogens with one attached hydrogen (secondary N) is 1. The minimum Gasteiger partial charge on any atom is -0.444 e. The Labute approximate surface area is 168 Å². The highest BCUT2D eigenvalue weighted by molar-refractivity contribution is 5.94. The van der Waals surface area contributed by atoms with Gasteiger partial charge < -0.3 is 14.6 Å². The van der Waals surface area contributed by atoms with Gasteiger partial charge in [-0.3, -0.25) is 14.3 Å². The average molecular weight is 393 g/mol. The van der Waals surface area contributed by atoms with Gasteiger partial charge in [0.1, 0.15) is 6.54 Å². The first-order chi connectivity index (χ1) is 14.2. The fourth-order valence-electron chi connectivity index (χ4n) is 3.59. The lowest BCUT2D eigenvalue weighted by atomic mass is 9.97. The van der Waals surface area contributed by atoms with Crippen LogP contribution in [0.15, 0.2) is 59.7 Å². The fourth-order valence-corrected chi connectivity index (χ4v) is 3.59. The lowest BCUT2D eigenvalue weighted by molar-refractivity contribution is -0.122. The molecule has 8 heteroatoms. The molecule has 8 nitrogen and oxygen atoms in total. The predicted octanol–water partition coefficient (Wildman–Crippen LogP) is 2.21. The lowest BCUT2D eigenvalue weighted by Gasteiger charge is -2.33. The molecule has 1 aliphatic rings. The van der Waals surface area contributed by atoms with E-state index in [0.29, 0.717) is 24.4 Å². The summed E-state index contributed by atoms with van der Waals surface area (Å²) in [5.41, 5.74) is 1.53. The van der Waals surface area contributed by atoms with Crippen molar-refractivity contribution in [2.24, 2.45) is 5.92 Å². The number of nitrogens with zero attached hydrogens (tertiary/aromatic N) is 4. The zero-order chi connectivity index (χ0) is 20.1. The summed E-state index contributed by atoms with van der Waals surface area (Å²) in [5, 5.41) is 6.99. The van der Waals surface area contributed by atoms with Crippen LogP contribution in [-0.2, 0) is 11.3 Å². The highest BCUT2D eigenvalue weighted by Gasteiger charge is 2.25. The highest BCUT2D eigenvalue weighted by Crippen LogP contribution is 2.21. The minimum atomic E-state index is -0.0693. The zero-order valence-electron chi connectivity index (χ0n) is 16.0. The number of aromatic nitrogens is 3. The Morgan fingerprint density at radius 3 is 2.83 bits per heavy atom. The van der Waals surface area contributed by atoms with Gasteiger partial charge >= 0.3 is 0 Å². The highest BCUT2D eigenvalue weighted by atomic mass is 16.3. The topological polar surface area (TPSA) is 93.3 Å². The molecule has 0 aliphatic carbocycles. The van der Waals surface area contributed by atoms with Crippen molar-refractivity contribution in [3.63, 3.8) is 0 Å². The largest absolute Gasteiger partial charge is 0.444 e. The van der Waals surface area contributed by atoms with Gasteiger partial charge in [0.25, 0.3) is 5.91 Å². The predicted molar refractivity (Wildman–Crippen MR) is 106 cm³/mol. The first-order valence-corrected chi connectivity index (χ1v) is 9.71. The number of likely N-dealkylation sites (tertiary alicyclic amines) is 1. The molecule has 0 spiro atoms. The van der Waals surface area contributed by atoms with Gasteiger partial charge in [0.05, 0.1) is 6.20 Å². The number of hydrogen-bond acceptors (Lipinski definition) is 5. The summed E-state index contributed by atoms with van der Waals surface area (Å²) >= 11 is 0. The van der Waals surface area contributed by atoms with E-state index in [1.807, 2.05) is 29.2 Å². The van der Waals surface area contributed by atoms with Crippen LogP contribution in [0.4, 0.5) is 0 Å². The molecule has 3 heterocycles. The minimum absolute atomic E-state index is 0.0155. The number of oxazole rings is 1. The standard InChI is InChI=1S/C21H23N5O3/c27-20(14-26-10-2-8-24-26)23-11-16-3-1-9-25(13-16)21(28)18-6-4-17(5-7-18)19-12-22-15-29-19/h2,4-8,10,12,15-16H,1,3,9,11,13-14H2,(H,23,27). The molecule has 1 atom stereocenters. The molecule has 2 aromatic heterocycles. The maximum atomic E-state index is 12.9. The van der Waals surface area contributed by atoms with Crippen LogP contribution in [0.5, 0.6) is 0 Å². The summed E-state index contributed by atoms with van der Waals surface area (Å²) in [5.74, 6) is 0.873. The van der Waals surface area contributed by atoms with Crippen LogP contribution in [0.2, 0.25) is 0 Å². The van der Waals surface area contributed by atoms with Crippen molar-refractivity contribution in [2.45, 2.75) is 19.4 Å². The summed E-state index contributed by atoms with van der Waals surface area (Å²) in [4.78, 5) is 30.7. The number of carbonyl (C=O) groups excluding carboxylic acids is 2. The third-order valence-corrected chi connectivity index (χ3v) is 5.11. The number of benzene rings is 1. The molecule has 0 radical (unpaired) electrons. The average Bonchev–Trinajstić information content (AvgIpc) is 3.46. The Kier molecular flexibility index (Phi) is 5.69. The van der Waals surface area contributed by atoms with E-state index >= 15 is 0 Å². The van der Waals surface area contributed by atoms with E-state index in [0.717, 1.165) is 24.9 Å². The van der Waals surface area contributed by atoms with Crippen molar-refractivity contribution in [1.29, 1.82) is 0 Å². The van der Waals surface area contributed by atoms with E-state index in [1.165, 1.54) is 6.39 Å². The Balaban J connectivity index is 1.30. The smallest absolute Gasteiger partial charge is 0.253 e. The van der Waals surface area contributed by atoms with Crippen molar-refractivity contribution in [1.82, 2.24) is 25.0 Å². The fraction of sp³-hybridized carbons (Fsp3) is 0.333. The molecule has 3 aromatic rings. The van der Waals surface area contributed by atoms with Crippen molar-refractivity contribution < 1.29 is 14.0 Å². The van der Waals surface area contributed by atoms with Crippen LogP contribution in [0.3, 0.4) is 0 Å². The number of rotatable bonds is 6. The monoisotopic (exact) mass is 393 g/mol. The van der Waals surface area contributed by atoms with Gasteiger partial charge in [-0.1, -0.05) is 12.1 Å². The normalized spacial score (nSPS) is 16.6. The van der Waals surface area contributed by atoms with Gasteiger partial charge in [0.2, 0.25) is 5.91 Å². The molecular formula is C21H23N5O3. The van der Waals surface area contributed by atoms with Crippen molar-refractivity contribution in [3.05, 3.63) is 60.9 Å². The molecule has 1 unspecified atom stereocenters.